The van der Waals surface area contributed by atoms with Gasteiger partial charge in [-0.25, -0.2) is 0 Å². The number of rotatable bonds is 3. The van der Waals surface area contributed by atoms with E-state index in [0.29, 0.717) is 5.76 Å². The first-order chi connectivity index (χ1) is 6.06. The van der Waals surface area contributed by atoms with Gasteiger partial charge in [-0.3, -0.25) is 4.79 Å². The van der Waals surface area contributed by atoms with E-state index >= 15 is 0 Å². The smallest absolute Gasteiger partial charge is 0.211 e. The third-order valence-electron chi connectivity index (χ3n) is 1.70. The molecule has 2 N–H and O–H groups in total. The summed E-state index contributed by atoms with van der Waals surface area (Å²) in [5.41, 5.74) is 5.21. The van der Waals surface area contributed by atoms with Crippen LogP contribution in [-0.2, 0) is 0 Å². The molecule has 1 aromatic rings. The normalized spacial score (nSPS) is 10.8. The van der Waals surface area contributed by atoms with Gasteiger partial charge in [-0.1, -0.05) is 13.8 Å². The highest BCUT2D eigenvalue weighted by molar-refractivity contribution is 9.10. The number of furan rings is 1. The predicted molar refractivity (Wildman–Crippen MR) is 53.9 cm³/mol. The Morgan fingerprint density at radius 2 is 2.31 bits per heavy atom. The second kappa shape index (κ2) is 4.07. The molecule has 3 nitrogen and oxygen atoms in total. The largest absolute Gasteiger partial charge is 0.456 e. The van der Waals surface area contributed by atoms with Crippen molar-refractivity contribution in [1.82, 2.24) is 0 Å². The molecule has 1 heterocycles. The van der Waals surface area contributed by atoms with Crippen LogP contribution in [0.15, 0.2) is 15.0 Å². The van der Waals surface area contributed by atoms with Crippen molar-refractivity contribution in [3.63, 3.8) is 0 Å². The molecule has 0 aliphatic rings. The Balaban J connectivity index is 3.02. The van der Waals surface area contributed by atoms with Gasteiger partial charge in [-0.15, -0.1) is 0 Å². The van der Waals surface area contributed by atoms with Crippen LogP contribution in [0.5, 0.6) is 0 Å². The zero-order valence-corrected chi connectivity index (χ0v) is 9.22. The lowest BCUT2D eigenvalue weighted by molar-refractivity contribution is 0.0973. The Morgan fingerprint density at radius 3 is 2.69 bits per heavy atom. The van der Waals surface area contributed by atoms with E-state index in [1.54, 1.807) is 6.07 Å². The molecule has 0 amide bonds. The summed E-state index contributed by atoms with van der Waals surface area (Å²) in [5.74, 6) is 1.20. The Hall–Kier alpha value is -0.610. The van der Waals surface area contributed by atoms with Crippen LogP contribution >= 0.6 is 15.9 Å². The highest BCUT2D eigenvalue weighted by atomic mass is 79.9. The summed E-state index contributed by atoms with van der Waals surface area (Å²) in [6, 6.07) is 1.67. The van der Waals surface area contributed by atoms with Gasteiger partial charge >= 0.3 is 0 Å². The lowest BCUT2D eigenvalue weighted by atomic mass is 10.2. The van der Waals surface area contributed by atoms with Crippen molar-refractivity contribution in [3.8, 4) is 0 Å². The van der Waals surface area contributed by atoms with E-state index in [4.69, 9.17) is 10.2 Å². The topological polar surface area (TPSA) is 56.2 Å². The quantitative estimate of drug-likeness (QED) is 0.832. The Bertz CT molecular complexity index is 317. The van der Waals surface area contributed by atoms with E-state index in [0.717, 1.165) is 10.2 Å². The second-order valence-corrected chi connectivity index (χ2v) is 3.96. The first kappa shape index (κ1) is 10.5. The zero-order chi connectivity index (χ0) is 10.0. The SMILES string of the molecule is CC(C)c1oc(C(=O)CN)cc1Br. The van der Waals surface area contributed by atoms with Crippen molar-refractivity contribution >= 4 is 21.7 Å². The van der Waals surface area contributed by atoms with Crippen LogP contribution in [0.3, 0.4) is 0 Å². The molecule has 0 unspecified atom stereocenters. The zero-order valence-electron chi connectivity index (χ0n) is 7.63. The highest BCUT2D eigenvalue weighted by Gasteiger charge is 2.15. The van der Waals surface area contributed by atoms with Gasteiger partial charge in [0.05, 0.1) is 11.0 Å². The lowest BCUT2D eigenvalue weighted by Crippen LogP contribution is -2.12. The molecule has 4 heteroatoms. The fraction of sp³-hybridized carbons (Fsp3) is 0.444. The van der Waals surface area contributed by atoms with Crippen LogP contribution in [0.25, 0.3) is 0 Å². The number of nitrogens with two attached hydrogens (primary N) is 1. The minimum absolute atomic E-state index is 0.0164. The fourth-order valence-electron chi connectivity index (χ4n) is 1.01. The Morgan fingerprint density at radius 1 is 1.69 bits per heavy atom. The predicted octanol–water partition coefficient (Wildman–Crippen LogP) is 2.31. The van der Waals surface area contributed by atoms with E-state index in [9.17, 15) is 4.79 Å². The molecular formula is C9H12BrNO2. The summed E-state index contributed by atoms with van der Waals surface area (Å²) < 4.78 is 6.18. The maximum Gasteiger partial charge on any atom is 0.211 e. The number of ketones is 1. The molecule has 1 rings (SSSR count). The lowest BCUT2D eigenvalue weighted by Gasteiger charge is -1.99. The molecule has 0 radical (unpaired) electrons. The average Bonchev–Trinajstić information content (AvgIpc) is 2.46. The maximum atomic E-state index is 11.2. The van der Waals surface area contributed by atoms with Gasteiger partial charge < -0.3 is 10.2 Å². The first-order valence-corrected chi connectivity index (χ1v) is 4.88. The van der Waals surface area contributed by atoms with Crippen LogP contribution in [0.4, 0.5) is 0 Å². The molecule has 0 aromatic carbocycles. The van der Waals surface area contributed by atoms with Gasteiger partial charge in [0.25, 0.3) is 0 Å². The van der Waals surface area contributed by atoms with E-state index in [-0.39, 0.29) is 18.2 Å². The van der Waals surface area contributed by atoms with Gasteiger partial charge in [-0.05, 0) is 15.9 Å². The third-order valence-corrected chi connectivity index (χ3v) is 2.32. The summed E-state index contributed by atoms with van der Waals surface area (Å²) >= 11 is 3.33. The standard InChI is InChI=1S/C9H12BrNO2/c1-5(2)9-6(10)3-8(13-9)7(12)4-11/h3,5H,4,11H2,1-2H3. The number of carbonyl (C=O) groups excluding carboxylic acids is 1. The molecule has 72 valence electrons. The van der Waals surface area contributed by atoms with Crippen LogP contribution in [0.1, 0.15) is 36.1 Å². The van der Waals surface area contributed by atoms with Gasteiger partial charge in [0.1, 0.15) is 5.76 Å². The van der Waals surface area contributed by atoms with Crippen LogP contribution in [-0.4, -0.2) is 12.3 Å². The van der Waals surface area contributed by atoms with Crippen LogP contribution < -0.4 is 5.73 Å². The van der Waals surface area contributed by atoms with Crippen molar-refractivity contribution in [3.05, 3.63) is 22.1 Å². The number of hydrogen-bond acceptors (Lipinski definition) is 3. The van der Waals surface area contributed by atoms with Gasteiger partial charge in [0, 0.05) is 12.0 Å². The molecule has 0 aliphatic heterocycles. The molecule has 0 aliphatic carbocycles. The summed E-state index contributed by atoms with van der Waals surface area (Å²) in [4.78, 5) is 11.2. The number of halogens is 1. The van der Waals surface area contributed by atoms with Crippen molar-refractivity contribution in [2.45, 2.75) is 19.8 Å². The van der Waals surface area contributed by atoms with Crippen molar-refractivity contribution < 1.29 is 9.21 Å². The van der Waals surface area contributed by atoms with E-state index in [1.807, 2.05) is 13.8 Å². The molecule has 0 bridgehead atoms. The molecule has 1 aromatic heterocycles. The minimum atomic E-state index is -0.174. The van der Waals surface area contributed by atoms with Crippen molar-refractivity contribution in [2.75, 3.05) is 6.54 Å². The van der Waals surface area contributed by atoms with Crippen LogP contribution in [0, 0.1) is 0 Å². The van der Waals surface area contributed by atoms with Crippen molar-refractivity contribution in [1.29, 1.82) is 0 Å². The van der Waals surface area contributed by atoms with Crippen LogP contribution in [0.2, 0.25) is 0 Å². The Labute approximate surface area is 85.4 Å². The summed E-state index contributed by atoms with van der Waals surface area (Å²) in [7, 11) is 0. The summed E-state index contributed by atoms with van der Waals surface area (Å²) in [5, 5.41) is 0. The number of hydrogen-bond donors (Lipinski definition) is 1. The van der Waals surface area contributed by atoms with E-state index < -0.39 is 0 Å². The molecule has 0 atom stereocenters. The number of Topliss-reactive ketones (excluding diaryl/α,β-unsaturated/α-hetero) is 1. The maximum absolute atomic E-state index is 11.2. The summed E-state index contributed by atoms with van der Waals surface area (Å²) in [6.45, 7) is 3.98. The highest BCUT2D eigenvalue weighted by Crippen LogP contribution is 2.28. The van der Waals surface area contributed by atoms with E-state index in [1.165, 1.54) is 0 Å². The molecular weight excluding hydrogens is 234 g/mol. The molecule has 0 saturated carbocycles. The Kier molecular flexibility index (Phi) is 3.27. The van der Waals surface area contributed by atoms with Gasteiger partial charge in [0.2, 0.25) is 5.78 Å². The average molecular weight is 246 g/mol. The summed E-state index contributed by atoms with van der Waals surface area (Å²) in [6.07, 6.45) is 0. The number of carbonyl (C=O) groups is 1. The third kappa shape index (κ3) is 2.19. The van der Waals surface area contributed by atoms with Gasteiger partial charge in [-0.2, -0.15) is 0 Å². The molecule has 13 heavy (non-hydrogen) atoms. The van der Waals surface area contributed by atoms with E-state index in [2.05, 4.69) is 15.9 Å². The molecule has 0 fully saturated rings. The van der Waals surface area contributed by atoms with Gasteiger partial charge in [0.15, 0.2) is 5.76 Å². The second-order valence-electron chi connectivity index (χ2n) is 3.10. The van der Waals surface area contributed by atoms with Crippen molar-refractivity contribution in [2.24, 2.45) is 5.73 Å². The molecule has 0 saturated heterocycles. The fourth-order valence-corrected chi connectivity index (χ4v) is 1.76. The first-order valence-electron chi connectivity index (χ1n) is 4.08. The minimum Gasteiger partial charge on any atom is -0.456 e. The monoisotopic (exact) mass is 245 g/mol. The molecule has 0 spiro atoms.